The van der Waals surface area contributed by atoms with Crippen molar-refractivity contribution in [1.82, 2.24) is 30.7 Å². The summed E-state index contributed by atoms with van der Waals surface area (Å²) in [5.74, 6) is 0.249. The molecule has 46 heavy (non-hydrogen) atoms. The number of piperidine rings is 2. The molecule has 3 amide bonds. The highest BCUT2D eigenvalue weighted by atomic mass is 16.3. The van der Waals surface area contributed by atoms with Gasteiger partial charge in [0.1, 0.15) is 6.23 Å². The number of carbonyl (C=O) groups excluding carboxylic acids is 2. The number of aliphatic hydroxyl groups excluding tert-OH is 1. The minimum atomic E-state index is -0.288. The van der Waals surface area contributed by atoms with Crippen molar-refractivity contribution in [3.63, 3.8) is 0 Å². The molecule has 2 aliphatic heterocycles. The van der Waals surface area contributed by atoms with Crippen molar-refractivity contribution in [3.05, 3.63) is 71.4 Å². The average molecular weight is 635 g/mol. The quantitative estimate of drug-likeness (QED) is 0.243. The number of fused-ring (bicyclic) bond motifs is 3. The molecule has 9 nitrogen and oxygen atoms in total. The van der Waals surface area contributed by atoms with Gasteiger partial charge in [-0.3, -0.25) is 9.69 Å². The predicted octanol–water partition coefficient (Wildman–Crippen LogP) is 5.36. The van der Waals surface area contributed by atoms with E-state index < -0.39 is 0 Å². The van der Waals surface area contributed by atoms with Crippen LogP contribution in [0.25, 0.3) is 10.9 Å². The van der Waals surface area contributed by atoms with E-state index in [-0.39, 0.29) is 24.2 Å². The lowest BCUT2D eigenvalue weighted by Crippen LogP contribution is -2.45. The molecule has 6 rings (SSSR count). The second-order valence-corrected chi connectivity index (χ2v) is 13.1. The third kappa shape index (κ3) is 10.6. The monoisotopic (exact) mass is 634 g/mol. The van der Waals surface area contributed by atoms with E-state index in [0.29, 0.717) is 5.41 Å². The van der Waals surface area contributed by atoms with E-state index in [9.17, 15) is 14.7 Å². The Labute approximate surface area is 276 Å². The largest absolute Gasteiger partial charge is 0.379 e. The first kappa shape index (κ1) is 37.1. The number of H-pyrrole nitrogens is 1. The van der Waals surface area contributed by atoms with Crippen LogP contribution in [0.3, 0.4) is 0 Å². The number of nitrogens with one attached hydrogen (secondary N) is 4. The molecule has 5 N–H and O–H groups in total. The lowest BCUT2D eigenvalue weighted by Gasteiger charge is -2.41. The molecule has 3 aliphatic rings. The summed E-state index contributed by atoms with van der Waals surface area (Å²) in [4.78, 5) is 27.7. The number of urea groups is 1. The van der Waals surface area contributed by atoms with Crippen LogP contribution in [0, 0.1) is 0 Å². The molecule has 1 unspecified atom stereocenters. The first-order chi connectivity index (χ1) is 22.1. The van der Waals surface area contributed by atoms with Crippen molar-refractivity contribution < 1.29 is 14.7 Å². The van der Waals surface area contributed by atoms with Gasteiger partial charge < -0.3 is 30.9 Å². The van der Waals surface area contributed by atoms with Gasteiger partial charge in [0.05, 0.1) is 0 Å². The minimum absolute atomic E-state index is 0.0733. The fourth-order valence-corrected chi connectivity index (χ4v) is 6.56. The highest BCUT2D eigenvalue weighted by molar-refractivity contribution is 5.83. The summed E-state index contributed by atoms with van der Waals surface area (Å²) in [6, 6.07) is 17.1. The van der Waals surface area contributed by atoms with Crippen molar-refractivity contribution in [2.75, 3.05) is 47.3 Å². The normalized spacial score (nSPS) is 18.6. The van der Waals surface area contributed by atoms with Gasteiger partial charge in [0, 0.05) is 63.3 Å². The highest BCUT2D eigenvalue weighted by Crippen LogP contribution is 2.46. The van der Waals surface area contributed by atoms with Crippen LogP contribution in [0.5, 0.6) is 0 Å². The molecule has 254 valence electrons. The number of aliphatic hydroxyl groups is 1. The number of para-hydroxylation sites is 1. The Hall–Kier alpha value is -3.40. The molecule has 3 heterocycles. The third-order valence-electron chi connectivity index (χ3n) is 9.61. The Morgan fingerprint density at radius 1 is 0.978 bits per heavy atom. The first-order valence-electron chi connectivity index (χ1n) is 17.0. The van der Waals surface area contributed by atoms with E-state index in [4.69, 9.17) is 0 Å². The van der Waals surface area contributed by atoms with Gasteiger partial charge in [0.15, 0.2) is 0 Å². The summed E-state index contributed by atoms with van der Waals surface area (Å²) in [5.41, 5.74) is 5.92. The van der Waals surface area contributed by atoms with Crippen LogP contribution in [-0.4, -0.2) is 91.9 Å². The Kier molecular flexibility index (Phi) is 15.0. The maximum atomic E-state index is 11.3. The zero-order valence-electron chi connectivity index (χ0n) is 28.9. The molecule has 3 atom stereocenters. The molecule has 2 fully saturated rings. The van der Waals surface area contributed by atoms with Crippen molar-refractivity contribution in [2.45, 2.75) is 89.3 Å². The van der Waals surface area contributed by atoms with Crippen molar-refractivity contribution >= 4 is 23.3 Å². The van der Waals surface area contributed by atoms with Crippen LogP contribution in [0.15, 0.2) is 54.7 Å². The Morgan fingerprint density at radius 2 is 1.61 bits per heavy atom. The van der Waals surface area contributed by atoms with Gasteiger partial charge in [0.2, 0.25) is 6.41 Å². The van der Waals surface area contributed by atoms with E-state index in [2.05, 4.69) is 69.2 Å². The molecular formula is C37H58N6O3. The number of benzene rings is 2. The average Bonchev–Trinajstić information content (AvgIpc) is 3.68. The lowest BCUT2D eigenvalue weighted by atomic mass is 9.74. The molecule has 3 aromatic rings. The van der Waals surface area contributed by atoms with Crippen molar-refractivity contribution in [1.29, 1.82) is 0 Å². The van der Waals surface area contributed by atoms with Gasteiger partial charge in [-0.15, -0.1) is 0 Å². The number of carbonyl (C=O) groups is 2. The second kappa shape index (κ2) is 18.7. The van der Waals surface area contributed by atoms with Gasteiger partial charge in [-0.05, 0) is 93.6 Å². The molecule has 1 spiro atoms. The molecule has 2 saturated heterocycles. The van der Waals surface area contributed by atoms with E-state index in [1.807, 2.05) is 32.2 Å². The summed E-state index contributed by atoms with van der Waals surface area (Å²) in [5, 5.41) is 19.6. The smallest absolute Gasteiger partial charge is 0.314 e. The second-order valence-electron chi connectivity index (χ2n) is 13.1. The maximum Gasteiger partial charge on any atom is 0.314 e. The summed E-state index contributed by atoms with van der Waals surface area (Å²) >= 11 is 0. The van der Waals surface area contributed by atoms with Gasteiger partial charge in [0.25, 0.3) is 0 Å². The minimum Gasteiger partial charge on any atom is -0.379 e. The van der Waals surface area contributed by atoms with Crippen LogP contribution in [0.4, 0.5) is 4.79 Å². The topological polar surface area (TPSA) is 113 Å². The van der Waals surface area contributed by atoms with Crippen LogP contribution in [0.1, 0.15) is 81.9 Å². The number of likely N-dealkylation sites (tertiary alicyclic amines) is 1. The third-order valence-corrected chi connectivity index (χ3v) is 9.61. The molecule has 0 radical (unpaired) electrons. The molecule has 9 heteroatoms. The fourth-order valence-electron chi connectivity index (χ4n) is 6.56. The standard InChI is InChI=1S/C15H21NO.C14H19N3O.C5H11N.C3H7NO/c1-12(17)16-10-8-15(9-11-16)7-6-13-4-2-3-5-14(13)15;1-9(10(2)17-14(18)15-3)12-8-16-13-7-5-4-6-11(12)13;1-2-4-6-5-3-1;1-4(2)3-5/h2-5,12,17H,6-11H2,1H3;4-10,16H,1-3H3,(H2,15,17,18);6H,1-5H2;3H,1-2H3/t;9-,10-;;/m.0../s1. The van der Waals surface area contributed by atoms with Crippen LogP contribution >= 0.6 is 0 Å². The molecule has 1 aromatic heterocycles. The van der Waals surface area contributed by atoms with E-state index in [1.54, 1.807) is 32.3 Å². The summed E-state index contributed by atoms with van der Waals surface area (Å²) in [7, 11) is 5.00. The van der Waals surface area contributed by atoms with E-state index in [1.165, 1.54) is 73.9 Å². The summed E-state index contributed by atoms with van der Waals surface area (Å²) in [6.45, 7) is 10.6. The number of hydrogen-bond donors (Lipinski definition) is 5. The highest BCUT2D eigenvalue weighted by Gasteiger charge is 2.41. The fraction of sp³-hybridized carbons (Fsp3) is 0.568. The Balaban J connectivity index is 0.000000190. The molecular weight excluding hydrogens is 576 g/mol. The number of aromatic nitrogens is 1. The lowest BCUT2D eigenvalue weighted by molar-refractivity contribution is -0.115. The maximum absolute atomic E-state index is 11.3. The molecule has 2 aromatic carbocycles. The first-order valence-corrected chi connectivity index (χ1v) is 17.0. The van der Waals surface area contributed by atoms with E-state index in [0.717, 1.165) is 25.0 Å². The molecule has 0 bridgehead atoms. The number of hydrogen-bond acceptors (Lipinski definition) is 5. The Bertz CT molecular complexity index is 1320. The van der Waals surface area contributed by atoms with E-state index >= 15 is 0 Å². The Morgan fingerprint density at radius 3 is 2.17 bits per heavy atom. The van der Waals surface area contributed by atoms with Gasteiger partial charge >= 0.3 is 6.03 Å². The zero-order chi connectivity index (χ0) is 33.5. The van der Waals surface area contributed by atoms with Gasteiger partial charge in [-0.25, -0.2) is 4.79 Å². The SMILES string of the molecule is C1CCNCC1.CC(O)N1CCC2(CCc3ccccc32)CC1.CN(C)C=O.CNC(=O)N[C@@H](C)[C@H](C)c1c[nH]c2ccccc12. The van der Waals surface area contributed by atoms with Crippen LogP contribution < -0.4 is 16.0 Å². The van der Waals surface area contributed by atoms with Crippen LogP contribution in [-0.2, 0) is 16.6 Å². The zero-order valence-corrected chi connectivity index (χ0v) is 28.9. The predicted molar refractivity (Wildman–Crippen MR) is 189 cm³/mol. The number of rotatable bonds is 5. The summed E-state index contributed by atoms with van der Waals surface area (Å²) < 4.78 is 0. The molecule has 0 saturated carbocycles. The number of amides is 3. The number of aryl methyl sites for hydroxylation is 1. The van der Waals surface area contributed by atoms with Crippen LogP contribution in [0.2, 0.25) is 0 Å². The van der Waals surface area contributed by atoms with Crippen molar-refractivity contribution in [2.24, 2.45) is 0 Å². The molecule has 1 aliphatic carbocycles. The summed E-state index contributed by atoms with van der Waals surface area (Å²) in [6.07, 6.45) is 11.7. The number of aromatic amines is 1. The number of nitrogens with zero attached hydrogens (tertiary/aromatic N) is 2. The van der Waals surface area contributed by atoms with Gasteiger partial charge in [-0.2, -0.15) is 0 Å². The van der Waals surface area contributed by atoms with Crippen molar-refractivity contribution in [3.8, 4) is 0 Å². The van der Waals surface area contributed by atoms with Gasteiger partial charge in [-0.1, -0.05) is 55.8 Å².